The molecule has 0 aliphatic heterocycles. The molecule has 17 heavy (non-hydrogen) atoms. The highest BCUT2D eigenvalue weighted by Crippen LogP contribution is 2.38. The van der Waals surface area contributed by atoms with Gasteiger partial charge >= 0.3 is 5.97 Å². The second-order valence-electron chi connectivity index (χ2n) is 4.48. The first-order chi connectivity index (χ1) is 8.16. The van der Waals surface area contributed by atoms with Crippen LogP contribution in [-0.4, -0.2) is 35.5 Å². The summed E-state index contributed by atoms with van der Waals surface area (Å²) >= 11 is 1.86. The first kappa shape index (κ1) is 14.4. The molecule has 1 amide bonds. The van der Waals surface area contributed by atoms with E-state index < -0.39 is 11.9 Å². The summed E-state index contributed by atoms with van der Waals surface area (Å²) in [4.78, 5) is 22.0. The molecule has 1 fully saturated rings. The van der Waals surface area contributed by atoms with Crippen LogP contribution < -0.4 is 5.32 Å². The van der Waals surface area contributed by atoms with E-state index in [2.05, 4.69) is 11.6 Å². The fourth-order valence-corrected chi connectivity index (χ4v) is 2.32. The Balaban J connectivity index is 1.93. The Morgan fingerprint density at radius 1 is 1.24 bits per heavy atom. The van der Waals surface area contributed by atoms with Crippen LogP contribution in [0.5, 0.6) is 0 Å². The monoisotopic (exact) mass is 259 g/mol. The second kappa shape index (κ2) is 7.58. The largest absolute Gasteiger partial charge is 0.481 e. The van der Waals surface area contributed by atoms with Crippen molar-refractivity contribution < 1.29 is 14.7 Å². The molecule has 0 spiro atoms. The number of carbonyl (C=O) groups is 2. The predicted molar refractivity (Wildman–Crippen MR) is 69.1 cm³/mol. The van der Waals surface area contributed by atoms with Crippen LogP contribution in [0.3, 0.4) is 0 Å². The zero-order valence-corrected chi connectivity index (χ0v) is 11.1. The fraction of sp³-hybridized carbons (Fsp3) is 0.833. The summed E-state index contributed by atoms with van der Waals surface area (Å²) in [6.45, 7) is 0.681. The van der Waals surface area contributed by atoms with E-state index in [9.17, 15) is 9.59 Å². The molecule has 0 aromatic carbocycles. The van der Waals surface area contributed by atoms with Crippen LogP contribution >= 0.6 is 11.8 Å². The predicted octanol–water partition coefficient (Wildman–Crippen LogP) is 1.75. The van der Waals surface area contributed by atoms with Gasteiger partial charge in [0.1, 0.15) is 0 Å². The number of carbonyl (C=O) groups excluding carboxylic acids is 1. The van der Waals surface area contributed by atoms with E-state index in [1.165, 1.54) is 18.6 Å². The highest BCUT2D eigenvalue weighted by molar-refractivity contribution is 7.98. The Labute approximate surface area is 107 Å². The van der Waals surface area contributed by atoms with Crippen LogP contribution in [0.15, 0.2) is 0 Å². The van der Waals surface area contributed by atoms with E-state index in [0.717, 1.165) is 12.8 Å². The first-order valence-corrected chi connectivity index (χ1v) is 7.55. The number of thioether (sulfide) groups is 1. The Morgan fingerprint density at radius 3 is 2.53 bits per heavy atom. The average molecular weight is 259 g/mol. The van der Waals surface area contributed by atoms with Crippen LogP contribution in [0, 0.1) is 11.8 Å². The topological polar surface area (TPSA) is 66.4 Å². The lowest BCUT2D eigenvalue weighted by atomic mass is 10.2. The van der Waals surface area contributed by atoms with E-state index in [1.54, 1.807) is 0 Å². The third-order valence-corrected chi connectivity index (χ3v) is 3.72. The van der Waals surface area contributed by atoms with E-state index in [-0.39, 0.29) is 11.8 Å². The number of aliphatic carboxylic acids is 1. The maximum atomic E-state index is 11.5. The molecule has 1 aliphatic rings. The van der Waals surface area contributed by atoms with Crippen molar-refractivity contribution in [2.45, 2.75) is 32.1 Å². The lowest BCUT2D eigenvalue weighted by Gasteiger charge is -2.04. The number of carboxylic acids is 1. The normalized spacial score (nSPS) is 22.2. The molecule has 2 atom stereocenters. The minimum Gasteiger partial charge on any atom is -0.481 e. The molecule has 0 radical (unpaired) electrons. The van der Waals surface area contributed by atoms with Crippen LogP contribution in [0.2, 0.25) is 0 Å². The Morgan fingerprint density at radius 2 is 1.94 bits per heavy atom. The van der Waals surface area contributed by atoms with Crippen molar-refractivity contribution in [3.05, 3.63) is 0 Å². The lowest BCUT2D eigenvalue weighted by molar-refractivity contribution is -0.140. The van der Waals surface area contributed by atoms with Gasteiger partial charge in [-0.2, -0.15) is 11.8 Å². The van der Waals surface area contributed by atoms with Crippen molar-refractivity contribution >= 4 is 23.6 Å². The summed E-state index contributed by atoms with van der Waals surface area (Å²) in [5, 5.41) is 11.5. The highest BCUT2D eigenvalue weighted by atomic mass is 32.2. The van der Waals surface area contributed by atoms with Crippen molar-refractivity contribution in [1.29, 1.82) is 0 Å². The zero-order valence-electron chi connectivity index (χ0n) is 10.3. The number of rotatable bonds is 9. The van der Waals surface area contributed by atoms with Crippen molar-refractivity contribution in [2.75, 3.05) is 18.6 Å². The molecule has 4 nitrogen and oxygen atoms in total. The van der Waals surface area contributed by atoms with Crippen molar-refractivity contribution in [3.8, 4) is 0 Å². The number of nitrogens with one attached hydrogen (secondary N) is 1. The summed E-state index contributed by atoms with van der Waals surface area (Å²) in [5.41, 5.74) is 0. The molecule has 1 aliphatic carbocycles. The lowest BCUT2D eigenvalue weighted by Crippen LogP contribution is -2.27. The van der Waals surface area contributed by atoms with Gasteiger partial charge in [0, 0.05) is 6.54 Å². The Kier molecular flexibility index (Phi) is 6.40. The van der Waals surface area contributed by atoms with Crippen molar-refractivity contribution in [2.24, 2.45) is 11.8 Å². The molecule has 1 rings (SSSR count). The number of hydrogen-bond donors (Lipinski definition) is 2. The number of hydrogen-bond acceptors (Lipinski definition) is 3. The van der Waals surface area contributed by atoms with E-state index >= 15 is 0 Å². The number of amides is 1. The van der Waals surface area contributed by atoms with Gasteiger partial charge in [0.15, 0.2) is 0 Å². The molecule has 5 heteroatoms. The summed E-state index contributed by atoms with van der Waals surface area (Å²) < 4.78 is 0. The summed E-state index contributed by atoms with van der Waals surface area (Å²) in [5.74, 6) is -0.432. The van der Waals surface area contributed by atoms with Gasteiger partial charge in [-0.05, 0) is 31.3 Å². The standard InChI is InChI=1S/C12H21NO3S/c1-17-7-5-3-2-4-6-13-11(14)9-8-10(9)12(15)16/h9-10H,2-8H2,1H3,(H,13,14)(H,15,16). The van der Waals surface area contributed by atoms with Gasteiger partial charge < -0.3 is 10.4 Å². The Bertz CT molecular complexity index is 270. The van der Waals surface area contributed by atoms with Gasteiger partial charge in [-0.15, -0.1) is 0 Å². The molecule has 0 aromatic heterocycles. The van der Waals surface area contributed by atoms with Gasteiger partial charge in [-0.1, -0.05) is 12.8 Å². The van der Waals surface area contributed by atoms with Crippen molar-refractivity contribution in [1.82, 2.24) is 5.32 Å². The summed E-state index contributed by atoms with van der Waals surface area (Å²) in [6.07, 6.45) is 7.18. The van der Waals surface area contributed by atoms with Gasteiger partial charge in [-0.25, -0.2) is 0 Å². The third-order valence-electron chi connectivity index (χ3n) is 3.02. The quantitative estimate of drug-likeness (QED) is 0.619. The van der Waals surface area contributed by atoms with E-state index in [1.807, 2.05) is 11.8 Å². The average Bonchev–Trinajstić information content (AvgIpc) is 3.07. The molecular weight excluding hydrogens is 238 g/mol. The smallest absolute Gasteiger partial charge is 0.307 e. The number of unbranched alkanes of at least 4 members (excludes halogenated alkanes) is 3. The molecular formula is C12H21NO3S. The minimum atomic E-state index is -0.845. The molecule has 98 valence electrons. The molecule has 2 unspecified atom stereocenters. The minimum absolute atomic E-state index is 0.0819. The maximum absolute atomic E-state index is 11.5. The van der Waals surface area contributed by atoms with Gasteiger partial charge in [-0.3, -0.25) is 9.59 Å². The molecule has 0 aromatic rings. The molecule has 1 saturated carbocycles. The van der Waals surface area contributed by atoms with E-state index in [0.29, 0.717) is 13.0 Å². The van der Waals surface area contributed by atoms with Crippen LogP contribution in [0.25, 0.3) is 0 Å². The van der Waals surface area contributed by atoms with E-state index in [4.69, 9.17) is 5.11 Å². The van der Waals surface area contributed by atoms with Crippen molar-refractivity contribution in [3.63, 3.8) is 0 Å². The first-order valence-electron chi connectivity index (χ1n) is 6.16. The molecule has 2 N–H and O–H groups in total. The zero-order chi connectivity index (χ0) is 12.7. The van der Waals surface area contributed by atoms with Gasteiger partial charge in [0.2, 0.25) is 5.91 Å². The third kappa shape index (κ3) is 5.44. The van der Waals surface area contributed by atoms with Gasteiger partial charge in [0.05, 0.1) is 11.8 Å². The molecule has 0 heterocycles. The summed E-state index contributed by atoms with van der Waals surface area (Å²) in [7, 11) is 0. The SMILES string of the molecule is CSCCCCCCNC(=O)C1CC1C(=O)O. The fourth-order valence-electron chi connectivity index (χ4n) is 1.83. The summed E-state index contributed by atoms with van der Waals surface area (Å²) in [6, 6.07) is 0. The van der Waals surface area contributed by atoms with Crippen LogP contribution in [0.4, 0.5) is 0 Å². The molecule has 0 saturated heterocycles. The van der Waals surface area contributed by atoms with Crippen LogP contribution in [0.1, 0.15) is 32.1 Å². The number of carboxylic acid groups (broad SMARTS) is 1. The molecule has 0 bridgehead atoms. The second-order valence-corrected chi connectivity index (χ2v) is 5.47. The Hall–Kier alpha value is -0.710. The highest BCUT2D eigenvalue weighted by Gasteiger charge is 2.48. The van der Waals surface area contributed by atoms with Gasteiger partial charge in [0.25, 0.3) is 0 Å². The maximum Gasteiger partial charge on any atom is 0.307 e. The van der Waals surface area contributed by atoms with Crippen LogP contribution in [-0.2, 0) is 9.59 Å².